The number of carbonyl (C=O) groups is 2. The van der Waals surface area contributed by atoms with Gasteiger partial charge in [-0.1, -0.05) is 43.4 Å². The van der Waals surface area contributed by atoms with Crippen molar-refractivity contribution in [3.8, 4) is 11.5 Å². The zero-order valence-electron chi connectivity index (χ0n) is 26.9. The van der Waals surface area contributed by atoms with Gasteiger partial charge in [-0.3, -0.25) is 0 Å². The van der Waals surface area contributed by atoms with Crippen molar-refractivity contribution in [2.45, 2.75) is 70.7 Å². The fraction of sp³-hybridized carbons (Fsp3) is 0.486. The molecule has 0 aliphatic carbocycles. The van der Waals surface area contributed by atoms with Crippen LogP contribution in [0.1, 0.15) is 66.8 Å². The summed E-state index contributed by atoms with van der Waals surface area (Å²) in [5.41, 5.74) is 1.28. The Labute approximate surface area is 270 Å². The van der Waals surface area contributed by atoms with E-state index in [4.69, 9.17) is 33.2 Å². The Morgan fingerprint density at radius 3 is 2.58 bits per heavy atom. The Bertz CT molecular complexity index is 1340. The van der Waals surface area contributed by atoms with Gasteiger partial charge < -0.3 is 33.2 Å². The number of fused-ring (bicyclic) bond motifs is 2. The molecular formula is C35H44O9S. The number of rotatable bonds is 10. The van der Waals surface area contributed by atoms with Crippen molar-refractivity contribution in [2.24, 2.45) is 5.92 Å². The van der Waals surface area contributed by atoms with E-state index in [0.29, 0.717) is 35.7 Å². The lowest BCUT2D eigenvalue weighted by Gasteiger charge is -2.25. The van der Waals surface area contributed by atoms with Gasteiger partial charge in [0.05, 0.1) is 18.3 Å². The molecule has 10 heteroatoms. The summed E-state index contributed by atoms with van der Waals surface area (Å²) in [7, 11) is 1.52. The summed E-state index contributed by atoms with van der Waals surface area (Å²) in [6, 6.07) is 12.3. The topological polar surface area (TPSA) is 98.8 Å². The first kappa shape index (κ1) is 34.6. The van der Waals surface area contributed by atoms with Gasteiger partial charge in [0.15, 0.2) is 12.6 Å². The van der Waals surface area contributed by atoms with Gasteiger partial charge in [-0.05, 0) is 75.5 Å². The second-order valence-electron chi connectivity index (χ2n) is 11.5. The SMILES string of the molecule is COCOc1cc(OCCCSC)cc2c1C(=O)O[C@@H](C)[C@H](C)/C=C\C(OC(=O)c1ccccc1)C1OC(C)(C)O[C@H]1C/C=C/2. The molecule has 2 heterocycles. The molecule has 2 aliphatic heterocycles. The maximum atomic E-state index is 13.7. The minimum absolute atomic E-state index is 0.0544. The van der Waals surface area contributed by atoms with Crippen molar-refractivity contribution >= 4 is 29.8 Å². The van der Waals surface area contributed by atoms with E-state index in [1.807, 2.05) is 58.1 Å². The Balaban J connectivity index is 1.72. The van der Waals surface area contributed by atoms with Crippen molar-refractivity contribution in [1.82, 2.24) is 0 Å². The summed E-state index contributed by atoms with van der Waals surface area (Å²) in [5.74, 6) is -0.302. The fourth-order valence-electron chi connectivity index (χ4n) is 5.08. The molecule has 4 rings (SSSR count). The molecular weight excluding hydrogens is 596 g/mol. The standard InChI is InChI=1S/C35H44O9S/c1-23-16-17-28(42-33(36)25-12-8-7-9-13-25)32-29(43-35(3,4)44-32)15-10-14-26-20-27(39-18-11-19-45-6)21-30(40-22-38-5)31(26)34(37)41-24(23)2/h7-10,12-14,16-17,20-21,23-24,28-29,32H,11,15,18-19,22H2,1-6H3/b14-10+,17-16-/t23-,24+,28?,29+,32?/m1/s1. The third-order valence-corrected chi connectivity index (χ3v) is 8.20. The highest BCUT2D eigenvalue weighted by Gasteiger charge is 2.45. The average molecular weight is 641 g/mol. The Morgan fingerprint density at radius 1 is 1.07 bits per heavy atom. The molecule has 2 aliphatic rings. The average Bonchev–Trinajstić information content (AvgIpc) is 3.33. The minimum atomic E-state index is -0.906. The number of carbonyl (C=O) groups excluding carboxylic acids is 2. The van der Waals surface area contributed by atoms with Crippen LogP contribution in [0.15, 0.2) is 60.7 Å². The van der Waals surface area contributed by atoms with E-state index in [9.17, 15) is 9.59 Å². The van der Waals surface area contributed by atoms with Crippen LogP contribution in [0.2, 0.25) is 0 Å². The van der Waals surface area contributed by atoms with Crippen LogP contribution in [-0.4, -0.2) is 74.7 Å². The molecule has 2 aromatic carbocycles. The maximum absolute atomic E-state index is 13.7. The second kappa shape index (κ2) is 16.3. The van der Waals surface area contributed by atoms with Gasteiger partial charge in [0, 0.05) is 19.1 Å². The summed E-state index contributed by atoms with van der Waals surface area (Å²) < 4.78 is 41.7. The normalized spacial score (nSPS) is 26.0. The molecule has 45 heavy (non-hydrogen) atoms. The van der Waals surface area contributed by atoms with Gasteiger partial charge in [-0.2, -0.15) is 11.8 Å². The van der Waals surface area contributed by atoms with Crippen LogP contribution >= 0.6 is 11.8 Å². The summed E-state index contributed by atoms with van der Waals surface area (Å²) in [5, 5.41) is 0. The van der Waals surface area contributed by atoms with E-state index < -0.39 is 42.1 Å². The molecule has 0 amide bonds. The zero-order valence-corrected chi connectivity index (χ0v) is 27.7. The molecule has 5 atom stereocenters. The van der Waals surface area contributed by atoms with Gasteiger partial charge in [0.2, 0.25) is 0 Å². The molecule has 1 saturated heterocycles. The highest BCUT2D eigenvalue weighted by atomic mass is 32.2. The lowest BCUT2D eigenvalue weighted by atomic mass is 9.98. The summed E-state index contributed by atoms with van der Waals surface area (Å²) in [6.45, 7) is 7.89. The van der Waals surface area contributed by atoms with Crippen molar-refractivity contribution < 1.29 is 42.7 Å². The maximum Gasteiger partial charge on any atom is 0.342 e. The van der Waals surface area contributed by atoms with Crippen molar-refractivity contribution in [2.75, 3.05) is 32.5 Å². The van der Waals surface area contributed by atoms with E-state index in [1.165, 1.54) is 7.11 Å². The Morgan fingerprint density at radius 2 is 1.84 bits per heavy atom. The van der Waals surface area contributed by atoms with Crippen LogP contribution in [0.4, 0.5) is 0 Å². The quantitative estimate of drug-likeness (QED) is 0.121. The molecule has 0 radical (unpaired) electrons. The fourth-order valence-corrected chi connectivity index (χ4v) is 5.49. The second-order valence-corrected chi connectivity index (χ2v) is 12.5. The molecule has 0 bridgehead atoms. The predicted molar refractivity (Wildman–Crippen MR) is 174 cm³/mol. The molecule has 9 nitrogen and oxygen atoms in total. The monoisotopic (exact) mass is 640 g/mol. The molecule has 0 saturated carbocycles. The van der Waals surface area contributed by atoms with Crippen LogP contribution < -0.4 is 9.47 Å². The summed E-state index contributed by atoms with van der Waals surface area (Å²) >= 11 is 1.75. The summed E-state index contributed by atoms with van der Waals surface area (Å²) in [4.78, 5) is 26.8. The highest BCUT2D eigenvalue weighted by molar-refractivity contribution is 7.98. The van der Waals surface area contributed by atoms with E-state index in [0.717, 1.165) is 12.2 Å². The van der Waals surface area contributed by atoms with Crippen LogP contribution in [0.25, 0.3) is 6.08 Å². The number of thioether (sulfide) groups is 1. The van der Waals surface area contributed by atoms with Crippen molar-refractivity contribution in [3.63, 3.8) is 0 Å². The third kappa shape index (κ3) is 9.59. The smallest absolute Gasteiger partial charge is 0.342 e. The van der Waals surface area contributed by atoms with Crippen LogP contribution in [0.3, 0.4) is 0 Å². The summed E-state index contributed by atoms with van der Waals surface area (Å²) in [6.07, 6.45) is 8.44. The molecule has 0 spiro atoms. The van der Waals surface area contributed by atoms with Crippen LogP contribution in [0, 0.1) is 5.92 Å². The highest BCUT2D eigenvalue weighted by Crippen LogP contribution is 2.36. The Kier molecular flexibility index (Phi) is 12.5. The Hall–Kier alpha value is -3.31. The van der Waals surface area contributed by atoms with Gasteiger partial charge >= 0.3 is 11.9 Å². The number of cyclic esters (lactones) is 1. The van der Waals surface area contributed by atoms with Crippen molar-refractivity contribution in [3.05, 3.63) is 77.4 Å². The molecule has 244 valence electrons. The molecule has 0 N–H and O–H groups in total. The van der Waals surface area contributed by atoms with Gasteiger partial charge in [-0.15, -0.1) is 0 Å². The minimum Gasteiger partial charge on any atom is -0.493 e. The predicted octanol–water partition coefficient (Wildman–Crippen LogP) is 6.70. The third-order valence-electron chi connectivity index (χ3n) is 7.51. The van der Waals surface area contributed by atoms with Crippen LogP contribution in [-0.2, 0) is 23.7 Å². The molecule has 2 unspecified atom stereocenters. The van der Waals surface area contributed by atoms with Gasteiger partial charge in [-0.25, -0.2) is 9.59 Å². The van der Waals surface area contributed by atoms with E-state index in [-0.39, 0.29) is 18.3 Å². The van der Waals surface area contributed by atoms with E-state index in [2.05, 4.69) is 6.26 Å². The van der Waals surface area contributed by atoms with E-state index >= 15 is 0 Å². The lowest BCUT2D eigenvalue weighted by molar-refractivity contribution is -0.152. The van der Waals surface area contributed by atoms with Crippen molar-refractivity contribution in [1.29, 1.82) is 0 Å². The zero-order chi connectivity index (χ0) is 32.4. The first-order valence-corrected chi connectivity index (χ1v) is 16.6. The number of hydrogen-bond donors (Lipinski definition) is 0. The van der Waals surface area contributed by atoms with Gasteiger partial charge in [0.25, 0.3) is 0 Å². The number of esters is 2. The number of methoxy groups -OCH3 is 1. The number of hydrogen-bond acceptors (Lipinski definition) is 10. The van der Waals surface area contributed by atoms with E-state index in [1.54, 1.807) is 48.2 Å². The molecule has 1 fully saturated rings. The largest absolute Gasteiger partial charge is 0.493 e. The number of benzene rings is 2. The number of ether oxygens (including phenoxy) is 7. The first-order chi connectivity index (χ1) is 21.6. The molecule has 2 aromatic rings. The van der Waals surface area contributed by atoms with Gasteiger partial charge in [0.1, 0.15) is 35.4 Å². The lowest BCUT2D eigenvalue weighted by Crippen LogP contribution is -2.37. The van der Waals surface area contributed by atoms with Crippen LogP contribution in [0.5, 0.6) is 11.5 Å². The first-order valence-electron chi connectivity index (χ1n) is 15.2. The molecule has 0 aromatic heterocycles.